The SMILES string of the molecule is CC(=O)CCC(N)N=C(C)C. The summed E-state index contributed by atoms with van der Waals surface area (Å²) >= 11 is 0. The second kappa shape index (κ2) is 5.02. The average molecular weight is 156 g/mol. The summed E-state index contributed by atoms with van der Waals surface area (Å²) in [4.78, 5) is 14.6. The molecule has 0 radical (unpaired) electrons. The molecule has 1 atom stereocenters. The molecule has 0 aliphatic carbocycles. The van der Waals surface area contributed by atoms with Crippen LogP contribution in [0.25, 0.3) is 0 Å². The fraction of sp³-hybridized carbons (Fsp3) is 0.750. The van der Waals surface area contributed by atoms with Crippen LogP contribution in [-0.4, -0.2) is 17.7 Å². The van der Waals surface area contributed by atoms with Gasteiger partial charge in [0.15, 0.2) is 0 Å². The number of hydrogen-bond donors (Lipinski definition) is 1. The van der Waals surface area contributed by atoms with E-state index in [0.29, 0.717) is 12.8 Å². The molecule has 64 valence electrons. The molecule has 0 aromatic carbocycles. The summed E-state index contributed by atoms with van der Waals surface area (Å²) in [5.74, 6) is 0.171. The van der Waals surface area contributed by atoms with Crippen molar-refractivity contribution in [2.24, 2.45) is 10.7 Å². The van der Waals surface area contributed by atoms with Crippen molar-refractivity contribution in [2.45, 2.75) is 39.8 Å². The van der Waals surface area contributed by atoms with E-state index in [0.717, 1.165) is 5.71 Å². The van der Waals surface area contributed by atoms with Gasteiger partial charge in [-0.2, -0.15) is 0 Å². The standard InChI is InChI=1S/C8H16N2O/c1-6(2)10-8(9)5-4-7(3)11/h8H,4-5,9H2,1-3H3. The lowest BCUT2D eigenvalue weighted by molar-refractivity contribution is -0.117. The molecule has 0 spiro atoms. The second-order valence-electron chi connectivity index (χ2n) is 2.88. The van der Waals surface area contributed by atoms with Crippen LogP contribution in [0.15, 0.2) is 4.99 Å². The van der Waals surface area contributed by atoms with E-state index in [-0.39, 0.29) is 11.9 Å². The van der Waals surface area contributed by atoms with Crippen LogP contribution in [0.2, 0.25) is 0 Å². The number of carbonyl (C=O) groups excluding carboxylic acids is 1. The zero-order chi connectivity index (χ0) is 8.85. The molecule has 0 aromatic rings. The minimum atomic E-state index is -0.205. The van der Waals surface area contributed by atoms with Crippen molar-refractivity contribution in [2.75, 3.05) is 0 Å². The topological polar surface area (TPSA) is 55.5 Å². The highest BCUT2D eigenvalue weighted by Crippen LogP contribution is 1.96. The first-order chi connectivity index (χ1) is 5.02. The van der Waals surface area contributed by atoms with Gasteiger partial charge in [-0.1, -0.05) is 0 Å². The van der Waals surface area contributed by atoms with Crippen molar-refractivity contribution in [1.29, 1.82) is 0 Å². The van der Waals surface area contributed by atoms with Crippen molar-refractivity contribution >= 4 is 11.5 Å². The lowest BCUT2D eigenvalue weighted by Gasteiger charge is -2.04. The van der Waals surface area contributed by atoms with Gasteiger partial charge in [0, 0.05) is 12.1 Å². The first-order valence-corrected chi connectivity index (χ1v) is 3.78. The number of nitrogens with zero attached hydrogens (tertiary/aromatic N) is 1. The molecule has 0 aliphatic heterocycles. The Morgan fingerprint density at radius 2 is 2.00 bits per heavy atom. The average Bonchev–Trinajstić information content (AvgIpc) is 1.82. The molecule has 0 aromatic heterocycles. The van der Waals surface area contributed by atoms with Crippen LogP contribution in [0.3, 0.4) is 0 Å². The monoisotopic (exact) mass is 156 g/mol. The number of hydrogen-bond acceptors (Lipinski definition) is 3. The lowest BCUT2D eigenvalue weighted by Crippen LogP contribution is -2.19. The summed E-state index contributed by atoms with van der Waals surface area (Å²) in [6, 6.07) is 0. The van der Waals surface area contributed by atoms with Gasteiger partial charge in [0.1, 0.15) is 5.78 Å². The smallest absolute Gasteiger partial charge is 0.129 e. The maximum absolute atomic E-state index is 10.5. The van der Waals surface area contributed by atoms with E-state index in [9.17, 15) is 4.79 Å². The van der Waals surface area contributed by atoms with E-state index in [1.54, 1.807) is 6.92 Å². The predicted octanol–water partition coefficient (Wildman–Crippen LogP) is 1.12. The fourth-order valence-corrected chi connectivity index (χ4v) is 0.747. The molecular formula is C8H16N2O. The molecule has 3 heteroatoms. The van der Waals surface area contributed by atoms with E-state index in [2.05, 4.69) is 4.99 Å². The Bertz CT molecular complexity index is 159. The van der Waals surface area contributed by atoms with Gasteiger partial charge in [-0.05, 0) is 27.2 Å². The Labute approximate surface area is 67.7 Å². The Balaban J connectivity index is 3.61. The minimum Gasteiger partial charge on any atom is -0.310 e. The molecule has 0 saturated heterocycles. The summed E-state index contributed by atoms with van der Waals surface area (Å²) in [5.41, 5.74) is 6.54. The predicted molar refractivity (Wildman–Crippen MR) is 46.7 cm³/mol. The van der Waals surface area contributed by atoms with Crippen molar-refractivity contribution in [1.82, 2.24) is 0 Å². The van der Waals surface area contributed by atoms with Gasteiger partial charge in [0.05, 0.1) is 6.17 Å². The Kier molecular flexibility index (Phi) is 4.70. The summed E-state index contributed by atoms with van der Waals surface area (Å²) in [5, 5.41) is 0. The van der Waals surface area contributed by atoms with Gasteiger partial charge in [0.2, 0.25) is 0 Å². The Hall–Kier alpha value is -0.700. The van der Waals surface area contributed by atoms with Gasteiger partial charge in [-0.25, -0.2) is 0 Å². The Morgan fingerprint density at radius 3 is 2.36 bits per heavy atom. The molecule has 0 saturated carbocycles. The third kappa shape index (κ3) is 7.19. The van der Waals surface area contributed by atoms with Crippen LogP contribution >= 0.6 is 0 Å². The molecular weight excluding hydrogens is 140 g/mol. The third-order valence-electron chi connectivity index (χ3n) is 1.22. The molecule has 0 bridgehead atoms. The van der Waals surface area contributed by atoms with Gasteiger partial charge < -0.3 is 10.5 Å². The molecule has 3 nitrogen and oxygen atoms in total. The van der Waals surface area contributed by atoms with Crippen LogP contribution in [0, 0.1) is 0 Å². The van der Waals surface area contributed by atoms with Gasteiger partial charge in [-0.3, -0.25) is 4.99 Å². The van der Waals surface area contributed by atoms with Crippen LogP contribution in [-0.2, 0) is 4.79 Å². The van der Waals surface area contributed by atoms with Crippen molar-refractivity contribution in [3.8, 4) is 0 Å². The first-order valence-electron chi connectivity index (χ1n) is 3.78. The first kappa shape index (κ1) is 10.3. The van der Waals surface area contributed by atoms with Crippen LogP contribution < -0.4 is 5.73 Å². The van der Waals surface area contributed by atoms with E-state index >= 15 is 0 Å². The minimum absolute atomic E-state index is 0.171. The zero-order valence-corrected chi connectivity index (χ0v) is 7.42. The molecule has 11 heavy (non-hydrogen) atoms. The van der Waals surface area contributed by atoms with Gasteiger partial charge in [-0.15, -0.1) is 0 Å². The highest BCUT2D eigenvalue weighted by molar-refractivity contribution is 5.79. The van der Waals surface area contributed by atoms with Crippen LogP contribution in [0.4, 0.5) is 0 Å². The van der Waals surface area contributed by atoms with E-state index in [4.69, 9.17) is 5.73 Å². The maximum atomic E-state index is 10.5. The molecule has 1 unspecified atom stereocenters. The van der Waals surface area contributed by atoms with Crippen molar-refractivity contribution in [3.05, 3.63) is 0 Å². The quantitative estimate of drug-likeness (QED) is 0.620. The van der Waals surface area contributed by atoms with Crippen LogP contribution in [0.5, 0.6) is 0 Å². The molecule has 0 heterocycles. The van der Waals surface area contributed by atoms with E-state index in [1.807, 2.05) is 13.8 Å². The summed E-state index contributed by atoms with van der Waals surface area (Å²) in [7, 11) is 0. The highest BCUT2D eigenvalue weighted by atomic mass is 16.1. The number of carbonyl (C=O) groups is 1. The van der Waals surface area contributed by atoms with E-state index < -0.39 is 0 Å². The number of ketones is 1. The normalized spacial score (nSPS) is 12.4. The fourth-order valence-electron chi connectivity index (χ4n) is 0.747. The number of Topliss-reactive ketones (excluding diaryl/α,β-unsaturated/α-hetero) is 1. The highest BCUT2D eigenvalue weighted by Gasteiger charge is 2.00. The molecule has 2 N–H and O–H groups in total. The lowest BCUT2D eigenvalue weighted by atomic mass is 10.2. The second-order valence-corrected chi connectivity index (χ2v) is 2.88. The number of rotatable bonds is 4. The maximum Gasteiger partial charge on any atom is 0.129 e. The molecule has 0 amide bonds. The van der Waals surface area contributed by atoms with Crippen molar-refractivity contribution < 1.29 is 4.79 Å². The largest absolute Gasteiger partial charge is 0.310 e. The summed E-state index contributed by atoms with van der Waals surface area (Å²) in [6.45, 7) is 5.36. The number of aliphatic imine (C=N–C) groups is 1. The Morgan fingerprint density at radius 1 is 1.45 bits per heavy atom. The zero-order valence-electron chi connectivity index (χ0n) is 7.42. The number of nitrogens with two attached hydrogens (primary N) is 1. The third-order valence-corrected chi connectivity index (χ3v) is 1.22. The van der Waals surface area contributed by atoms with Crippen LogP contribution in [0.1, 0.15) is 33.6 Å². The molecule has 0 rings (SSSR count). The summed E-state index contributed by atoms with van der Waals surface area (Å²) in [6.07, 6.45) is 0.974. The summed E-state index contributed by atoms with van der Waals surface area (Å²) < 4.78 is 0. The van der Waals surface area contributed by atoms with Gasteiger partial charge in [0.25, 0.3) is 0 Å². The van der Waals surface area contributed by atoms with Gasteiger partial charge >= 0.3 is 0 Å². The molecule has 0 fully saturated rings. The van der Waals surface area contributed by atoms with Crippen molar-refractivity contribution in [3.63, 3.8) is 0 Å². The van der Waals surface area contributed by atoms with E-state index in [1.165, 1.54) is 0 Å². The molecule has 0 aliphatic rings.